The largest absolute Gasteiger partial charge is 0.460 e. The summed E-state index contributed by atoms with van der Waals surface area (Å²) in [4.78, 5) is 50.0. The van der Waals surface area contributed by atoms with Gasteiger partial charge in [-0.25, -0.2) is 9.59 Å². The Labute approximate surface area is 227 Å². The summed E-state index contributed by atoms with van der Waals surface area (Å²) in [6, 6.07) is 8.21. The molecule has 0 saturated heterocycles. The van der Waals surface area contributed by atoms with E-state index < -0.39 is 47.6 Å². The van der Waals surface area contributed by atoms with Gasteiger partial charge in [0.2, 0.25) is 5.91 Å². The number of benzene rings is 1. The summed E-state index contributed by atoms with van der Waals surface area (Å²) in [6.07, 6.45) is 3.47. The Balaban J connectivity index is 2.76. The van der Waals surface area contributed by atoms with E-state index in [4.69, 9.17) is 14.2 Å². The van der Waals surface area contributed by atoms with Crippen LogP contribution in [0.1, 0.15) is 86.1 Å². The average molecular weight is 535 g/mol. The summed E-state index contributed by atoms with van der Waals surface area (Å²) >= 11 is 0. The van der Waals surface area contributed by atoms with E-state index in [1.807, 2.05) is 37.3 Å². The summed E-state index contributed by atoms with van der Waals surface area (Å²) < 4.78 is 16.2. The molecule has 2 amide bonds. The quantitative estimate of drug-likeness (QED) is 0.186. The van der Waals surface area contributed by atoms with Crippen molar-refractivity contribution in [3.63, 3.8) is 0 Å². The van der Waals surface area contributed by atoms with Gasteiger partial charge in [0.25, 0.3) is 0 Å². The van der Waals surface area contributed by atoms with Crippen molar-refractivity contribution in [1.29, 1.82) is 0 Å². The third-order valence-corrected chi connectivity index (χ3v) is 5.96. The molecule has 0 aliphatic rings. The van der Waals surface area contributed by atoms with Gasteiger partial charge in [0.05, 0.1) is 5.92 Å². The van der Waals surface area contributed by atoms with Crippen LogP contribution in [0.4, 0.5) is 4.79 Å². The molecule has 1 aromatic carbocycles. The van der Waals surface area contributed by atoms with Crippen LogP contribution in [-0.4, -0.2) is 48.2 Å². The second kappa shape index (κ2) is 16.7. The maximum Gasteiger partial charge on any atom is 0.408 e. The second-order valence-electron chi connectivity index (χ2n) is 10.7. The number of unbranched alkanes of at least 4 members (excludes halogenated alkanes) is 3. The first-order chi connectivity index (χ1) is 17.8. The summed E-state index contributed by atoms with van der Waals surface area (Å²) in [5.41, 5.74) is 0.158. The van der Waals surface area contributed by atoms with Crippen LogP contribution < -0.4 is 10.6 Å². The molecule has 4 atom stereocenters. The van der Waals surface area contributed by atoms with Crippen molar-refractivity contribution in [3.8, 4) is 0 Å². The van der Waals surface area contributed by atoms with Crippen molar-refractivity contribution in [2.75, 3.05) is 6.54 Å². The molecule has 0 unspecified atom stereocenters. The van der Waals surface area contributed by atoms with Crippen LogP contribution in [0.3, 0.4) is 0 Å². The normalized spacial score (nSPS) is 14.4. The van der Waals surface area contributed by atoms with Crippen LogP contribution in [-0.2, 0) is 35.2 Å². The summed E-state index contributed by atoms with van der Waals surface area (Å²) in [6.45, 7) is 12.3. The number of carbonyl (C=O) groups excluding carboxylic acids is 4. The Morgan fingerprint density at radius 1 is 0.947 bits per heavy atom. The molecule has 0 saturated carbocycles. The smallest absolute Gasteiger partial charge is 0.408 e. The predicted octanol–water partition coefficient (Wildman–Crippen LogP) is 4.91. The number of esters is 2. The number of alkyl carbamates (subject to hydrolysis) is 1. The molecule has 9 nitrogen and oxygen atoms in total. The number of nitrogens with one attached hydrogen (secondary N) is 2. The zero-order chi connectivity index (χ0) is 28.7. The molecular formula is C29H46N2O7. The van der Waals surface area contributed by atoms with E-state index in [-0.39, 0.29) is 19.1 Å². The van der Waals surface area contributed by atoms with Crippen LogP contribution in [0.15, 0.2) is 30.3 Å². The van der Waals surface area contributed by atoms with E-state index in [0.717, 1.165) is 37.7 Å². The highest BCUT2D eigenvalue weighted by Crippen LogP contribution is 2.24. The standard InChI is InChI=1S/C29H46N2O7/c1-8-9-10-12-15-20(2)25(21(3)26(33)30-18-24(32)38-29(5,6)7)37-27(34)22(4)31-28(35)36-19-23-16-13-11-14-17-23/h11,13-14,16-17,20-22,25H,8-10,12,15,18-19H2,1-7H3,(H,30,33)(H,31,35)/t20-,21+,22-,25+/m0/s1. The highest BCUT2D eigenvalue weighted by atomic mass is 16.6. The highest BCUT2D eigenvalue weighted by molar-refractivity contribution is 5.85. The minimum atomic E-state index is -0.981. The summed E-state index contributed by atoms with van der Waals surface area (Å²) in [5, 5.41) is 5.08. The number of hydrogen-bond donors (Lipinski definition) is 2. The maximum absolute atomic E-state index is 12.9. The van der Waals surface area contributed by atoms with Gasteiger partial charge in [-0.05, 0) is 45.6 Å². The Kier molecular flexibility index (Phi) is 14.5. The average Bonchev–Trinajstić information content (AvgIpc) is 2.86. The van der Waals surface area contributed by atoms with E-state index in [1.54, 1.807) is 27.7 Å². The third-order valence-electron chi connectivity index (χ3n) is 5.96. The highest BCUT2D eigenvalue weighted by Gasteiger charge is 2.34. The molecule has 9 heteroatoms. The topological polar surface area (TPSA) is 120 Å². The van der Waals surface area contributed by atoms with E-state index >= 15 is 0 Å². The molecule has 0 bridgehead atoms. The van der Waals surface area contributed by atoms with Gasteiger partial charge in [-0.2, -0.15) is 0 Å². The minimum absolute atomic E-state index is 0.0702. The molecular weight excluding hydrogens is 488 g/mol. The van der Waals surface area contributed by atoms with Gasteiger partial charge in [0, 0.05) is 0 Å². The van der Waals surface area contributed by atoms with E-state index in [0.29, 0.717) is 0 Å². The van der Waals surface area contributed by atoms with Gasteiger partial charge in [-0.1, -0.05) is 76.8 Å². The van der Waals surface area contributed by atoms with Gasteiger partial charge >= 0.3 is 18.0 Å². The van der Waals surface area contributed by atoms with Gasteiger partial charge in [-0.3, -0.25) is 9.59 Å². The van der Waals surface area contributed by atoms with Crippen molar-refractivity contribution < 1.29 is 33.4 Å². The maximum atomic E-state index is 12.9. The first-order valence-electron chi connectivity index (χ1n) is 13.5. The predicted molar refractivity (Wildman–Crippen MR) is 145 cm³/mol. The lowest BCUT2D eigenvalue weighted by Crippen LogP contribution is -2.46. The Morgan fingerprint density at radius 3 is 2.21 bits per heavy atom. The second-order valence-corrected chi connectivity index (χ2v) is 10.7. The fourth-order valence-electron chi connectivity index (χ4n) is 3.85. The molecule has 0 aliphatic heterocycles. The van der Waals surface area contributed by atoms with Crippen LogP contribution in [0, 0.1) is 11.8 Å². The molecule has 214 valence electrons. The molecule has 1 rings (SSSR count). The summed E-state index contributed by atoms with van der Waals surface area (Å²) in [7, 11) is 0. The van der Waals surface area contributed by atoms with Crippen LogP contribution in [0.25, 0.3) is 0 Å². The molecule has 0 heterocycles. The van der Waals surface area contributed by atoms with Crippen molar-refractivity contribution >= 4 is 23.9 Å². The zero-order valence-electron chi connectivity index (χ0n) is 24.0. The lowest BCUT2D eigenvalue weighted by molar-refractivity contribution is -0.160. The lowest BCUT2D eigenvalue weighted by atomic mass is 9.88. The van der Waals surface area contributed by atoms with E-state index in [2.05, 4.69) is 17.6 Å². The third kappa shape index (κ3) is 13.4. The first kappa shape index (κ1) is 32.9. The number of hydrogen-bond acceptors (Lipinski definition) is 7. The SMILES string of the molecule is CCCCCC[C@H](C)[C@@H](OC(=O)[C@H](C)NC(=O)OCc1ccccc1)[C@@H](C)C(=O)NCC(=O)OC(C)(C)C. The Hall–Kier alpha value is -3.10. The van der Waals surface area contributed by atoms with Gasteiger partial charge < -0.3 is 24.8 Å². The van der Waals surface area contributed by atoms with Crippen molar-refractivity contribution in [1.82, 2.24) is 10.6 Å². The van der Waals surface area contributed by atoms with Crippen LogP contribution in [0.5, 0.6) is 0 Å². The van der Waals surface area contributed by atoms with E-state index in [1.165, 1.54) is 6.92 Å². The van der Waals surface area contributed by atoms with Crippen molar-refractivity contribution in [2.24, 2.45) is 11.8 Å². The molecule has 0 aliphatic carbocycles. The van der Waals surface area contributed by atoms with Crippen molar-refractivity contribution in [2.45, 2.75) is 105 Å². The molecule has 0 fully saturated rings. The monoisotopic (exact) mass is 534 g/mol. The molecule has 2 N–H and O–H groups in total. The Morgan fingerprint density at radius 2 is 1.61 bits per heavy atom. The molecule has 0 radical (unpaired) electrons. The Bertz CT molecular complexity index is 883. The van der Waals surface area contributed by atoms with Gasteiger partial charge in [0.1, 0.15) is 30.9 Å². The minimum Gasteiger partial charge on any atom is -0.460 e. The zero-order valence-corrected chi connectivity index (χ0v) is 24.0. The van der Waals surface area contributed by atoms with E-state index in [9.17, 15) is 19.2 Å². The molecule has 1 aromatic rings. The fourth-order valence-corrected chi connectivity index (χ4v) is 3.85. The van der Waals surface area contributed by atoms with Crippen LogP contribution >= 0.6 is 0 Å². The molecule has 0 spiro atoms. The molecule has 0 aromatic heterocycles. The van der Waals surface area contributed by atoms with Crippen LogP contribution in [0.2, 0.25) is 0 Å². The fraction of sp³-hybridized carbons (Fsp3) is 0.655. The van der Waals surface area contributed by atoms with Gasteiger partial charge in [0.15, 0.2) is 0 Å². The van der Waals surface area contributed by atoms with Crippen molar-refractivity contribution in [3.05, 3.63) is 35.9 Å². The lowest BCUT2D eigenvalue weighted by Gasteiger charge is -2.30. The first-order valence-corrected chi connectivity index (χ1v) is 13.5. The summed E-state index contributed by atoms with van der Waals surface area (Å²) in [5.74, 6) is -2.48. The number of carbonyl (C=O) groups is 4. The molecule has 38 heavy (non-hydrogen) atoms. The number of amides is 2. The number of rotatable bonds is 15. The van der Waals surface area contributed by atoms with Gasteiger partial charge in [-0.15, -0.1) is 0 Å². The number of ether oxygens (including phenoxy) is 3.